The Labute approximate surface area is 138 Å². The molecule has 1 heterocycles. The molecule has 0 unspecified atom stereocenters. The Hall–Kier alpha value is -0.570. The number of hydrogen-bond acceptors (Lipinski definition) is 2. The average Bonchev–Trinajstić information content (AvgIpc) is 2.20. The molecular formula is C19H38N2O. The van der Waals surface area contributed by atoms with Crippen LogP contribution < -0.4 is 5.32 Å². The van der Waals surface area contributed by atoms with Crippen molar-refractivity contribution in [2.75, 3.05) is 6.54 Å². The van der Waals surface area contributed by atoms with Crippen molar-refractivity contribution in [3.8, 4) is 0 Å². The van der Waals surface area contributed by atoms with Gasteiger partial charge in [-0.2, -0.15) is 0 Å². The van der Waals surface area contributed by atoms with Crippen LogP contribution in [-0.2, 0) is 4.79 Å². The van der Waals surface area contributed by atoms with E-state index in [0.29, 0.717) is 0 Å². The molecule has 0 bridgehead atoms. The van der Waals surface area contributed by atoms with Gasteiger partial charge in [-0.15, -0.1) is 0 Å². The molecule has 1 aliphatic rings. The topological polar surface area (TPSA) is 32.3 Å². The number of rotatable bonds is 2. The molecule has 1 fully saturated rings. The summed E-state index contributed by atoms with van der Waals surface area (Å²) < 4.78 is 0. The highest BCUT2D eigenvalue weighted by molar-refractivity contribution is 5.73. The summed E-state index contributed by atoms with van der Waals surface area (Å²) >= 11 is 0. The lowest BCUT2D eigenvalue weighted by molar-refractivity contribution is -0.125. The van der Waals surface area contributed by atoms with E-state index in [1.54, 1.807) is 6.92 Å². The second kappa shape index (κ2) is 5.81. The van der Waals surface area contributed by atoms with Crippen LogP contribution in [0.3, 0.4) is 0 Å². The largest absolute Gasteiger partial charge is 0.353 e. The number of carbonyl (C=O) groups excluding carboxylic acids is 1. The van der Waals surface area contributed by atoms with Gasteiger partial charge in [0.15, 0.2) is 0 Å². The van der Waals surface area contributed by atoms with Crippen LogP contribution in [0, 0.1) is 10.8 Å². The fraction of sp³-hybridized carbons (Fsp3) is 0.947. The van der Waals surface area contributed by atoms with Crippen molar-refractivity contribution in [2.45, 2.75) is 99.2 Å². The first-order valence-corrected chi connectivity index (χ1v) is 8.70. The molecule has 0 spiro atoms. The summed E-state index contributed by atoms with van der Waals surface area (Å²) in [6.45, 7) is 23.6. The fourth-order valence-electron chi connectivity index (χ4n) is 5.95. The molecule has 130 valence electrons. The van der Waals surface area contributed by atoms with Crippen molar-refractivity contribution in [2.24, 2.45) is 10.8 Å². The Balaban J connectivity index is 3.39. The van der Waals surface area contributed by atoms with Crippen LogP contribution in [0.25, 0.3) is 0 Å². The summed E-state index contributed by atoms with van der Waals surface area (Å²) in [5, 5.41) is 3.28. The average molecular weight is 311 g/mol. The maximum atomic E-state index is 11.8. The summed E-state index contributed by atoms with van der Waals surface area (Å²) in [7, 11) is 0. The van der Waals surface area contributed by atoms with Crippen LogP contribution in [0.5, 0.6) is 0 Å². The second-order valence-electron chi connectivity index (χ2n) is 9.83. The van der Waals surface area contributed by atoms with E-state index in [2.05, 4.69) is 72.5 Å². The van der Waals surface area contributed by atoms with E-state index in [0.717, 1.165) is 19.4 Å². The Morgan fingerprint density at radius 2 is 1.32 bits per heavy atom. The van der Waals surface area contributed by atoms with Crippen LogP contribution in [-0.4, -0.2) is 34.5 Å². The molecule has 1 saturated heterocycles. The van der Waals surface area contributed by atoms with E-state index in [4.69, 9.17) is 0 Å². The SMILES string of the molecule is CCN1C(C)(C)CC(C)(C)C(NC(C)=O)C(C)(C)CC1(C)C. The lowest BCUT2D eigenvalue weighted by atomic mass is 9.59. The summed E-state index contributed by atoms with van der Waals surface area (Å²) in [4.78, 5) is 14.5. The Morgan fingerprint density at radius 1 is 0.955 bits per heavy atom. The number of nitrogens with zero attached hydrogens (tertiary/aromatic N) is 1. The minimum Gasteiger partial charge on any atom is -0.353 e. The van der Waals surface area contributed by atoms with E-state index in [1.807, 2.05) is 0 Å². The monoisotopic (exact) mass is 310 g/mol. The molecule has 0 aliphatic carbocycles. The number of hydrogen-bond donors (Lipinski definition) is 1. The molecule has 0 aromatic heterocycles. The molecule has 1 amide bonds. The first-order chi connectivity index (χ1) is 9.66. The predicted octanol–water partition coefficient (Wildman–Crippen LogP) is 4.22. The van der Waals surface area contributed by atoms with Gasteiger partial charge in [-0.3, -0.25) is 9.69 Å². The van der Waals surface area contributed by atoms with Crippen molar-refractivity contribution >= 4 is 5.91 Å². The van der Waals surface area contributed by atoms with Crippen LogP contribution >= 0.6 is 0 Å². The molecule has 3 heteroatoms. The number of carbonyl (C=O) groups is 1. The molecular weight excluding hydrogens is 272 g/mol. The first-order valence-electron chi connectivity index (χ1n) is 8.70. The highest BCUT2D eigenvalue weighted by Gasteiger charge is 2.52. The molecule has 0 aromatic carbocycles. The van der Waals surface area contributed by atoms with Crippen molar-refractivity contribution in [1.29, 1.82) is 0 Å². The van der Waals surface area contributed by atoms with E-state index >= 15 is 0 Å². The zero-order valence-electron chi connectivity index (χ0n) is 16.6. The Morgan fingerprint density at radius 3 is 1.59 bits per heavy atom. The predicted molar refractivity (Wildman–Crippen MR) is 94.9 cm³/mol. The van der Waals surface area contributed by atoms with Gasteiger partial charge in [0, 0.05) is 24.0 Å². The zero-order chi connectivity index (χ0) is 17.6. The third-order valence-electron chi connectivity index (χ3n) is 5.46. The van der Waals surface area contributed by atoms with Gasteiger partial charge in [0.2, 0.25) is 5.91 Å². The maximum absolute atomic E-state index is 11.8. The third kappa shape index (κ3) is 3.84. The van der Waals surface area contributed by atoms with Crippen molar-refractivity contribution < 1.29 is 4.79 Å². The smallest absolute Gasteiger partial charge is 0.217 e. The minimum atomic E-state index is 0.0442. The molecule has 0 atom stereocenters. The molecule has 0 saturated carbocycles. The van der Waals surface area contributed by atoms with Gasteiger partial charge < -0.3 is 5.32 Å². The molecule has 3 nitrogen and oxygen atoms in total. The summed E-state index contributed by atoms with van der Waals surface area (Å²) in [5.41, 5.74) is 0.301. The van der Waals surface area contributed by atoms with Gasteiger partial charge in [-0.05, 0) is 57.9 Å². The molecule has 0 radical (unpaired) electrons. The van der Waals surface area contributed by atoms with Crippen LogP contribution in [0.2, 0.25) is 0 Å². The lowest BCUT2D eigenvalue weighted by Crippen LogP contribution is -2.65. The standard InChI is InChI=1S/C19H38N2O/c1-11-21-18(7,8)12-16(3,4)15(20-14(2)22)17(5,6)13-19(21,9)10/h15H,11-13H2,1-10H3,(H,20,22). The van der Waals surface area contributed by atoms with E-state index < -0.39 is 0 Å². The summed E-state index contributed by atoms with van der Waals surface area (Å²) in [6, 6.07) is 0.176. The number of likely N-dealkylation sites (tertiary alicyclic amines) is 1. The molecule has 0 aromatic rings. The van der Waals surface area contributed by atoms with Gasteiger partial charge in [0.05, 0.1) is 0 Å². The highest BCUT2D eigenvalue weighted by atomic mass is 16.1. The van der Waals surface area contributed by atoms with Gasteiger partial charge in [-0.25, -0.2) is 0 Å². The second-order valence-corrected chi connectivity index (χ2v) is 9.83. The van der Waals surface area contributed by atoms with Crippen molar-refractivity contribution in [3.05, 3.63) is 0 Å². The molecule has 1 N–H and O–H groups in total. The third-order valence-corrected chi connectivity index (χ3v) is 5.46. The van der Waals surface area contributed by atoms with Crippen LogP contribution in [0.15, 0.2) is 0 Å². The Kier molecular flexibility index (Phi) is 5.15. The minimum absolute atomic E-state index is 0.0442. The summed E-state index contributed by atoms with van der Waals surface area (Å²) in [6.07, 6.45) is 2.12. The van der Waals surface area contributed by atoms with Gasteiger partial charge in [0.1, 0.15) is 0 Å². The maximum Gasteiger partial charge on any atom is 0.217 e. The van der Waals surface area contributed by atoms with Crippen molar-refractivity contribution in [3.63, 3.8) is 0 Å². The van der Waals surface area contributed by atoms with Gasteiger partial charge in [0.25, 0.3) is 0 Å². The molecule has 22 heavy (non-hydrogen) atoms. The van der Waals surface area contributed by atoms with E-state index in [9.17, 15) is 4.79 Å². The number of nitrogens with one attached hydrogen (secondary N) is 1. The Bertz CT molecular complexity index is 391. The normalized spacial score (nSPS) is 27.7. The van der Waals surface area contributed by atoms with Crippen LogP contribution in [0.1, 0.15) is 82.1 Å². The first kappa shape index (κ1) is 19.5. The quantitative estimate of drug-likeness (QED) is 0.828. The van der Waals surface area contributed by atoms with Crippen molar-refractivity contribution in [1.82, 2.24) is 10.2 Å². The molecule has 1 aliphatic heterocycles. The van der Waals surface area contributed by atoms with Crippen LogP contribution in [0.4, 0.5) is 0 Å². The van der Waals surface area contributed by atoms with Gasteiger partial charge >= 0.3 is 0 Å². The zero-order valence-corrected chi connectivity index (χ0v) is 16.6. The van der Waals surface area contributed by atoms with Gasteiger partial charge in [-0.1, -0.05) is 34.6 Å². The molecule has 1 rings (SSSR count). The lowest BCUT2D eigenvalue weighted by Gasteiger charge is -2.59. The van der Waals surface area contributed by atoms with E-state index in [1.165, 1.54) is 0 Å². The number of amides is 1. The fourth-order valence-corrected chi connectivity index (χ4v) is 5.95. The van der Waals surface area contributed by atoms with E-state index in [-0.39, 0.29) is 33.9 Å². The highest BCUT2D eigenvalue weighted by Crippen LogP contribution is 2.49. The summed E-state index contributed by atoms with van der Waals surface area (Å²) in [5.74, 6) is 0.0784.